The molecule has 1 aromatic rings. The van der Waals surface area contributed by atoms with Gasteiger partial charge in [0.25, 0.3) is 0 Å². The first-order valence-corrected chi connectivity index (χ1v) is 10.1. The summed E-state index contributed by atoms with van der Waals surface area (Å²) >= 11 is 0. The molecule has 1 aliphatic heterocycles. The van der Waals surface area contributed by atoms with Crippen molar-refractivity contribution in [2.45, 2.75) is 57.6 Å². The second-order valence-corrected chi connectivity index (χ2v) is 8.76. The molecule has 0 bridgehead atoms. The largest absolute Gasteiger partial charge is 0.481 e. The van der Waals surface area contributed by atoms with Crippen molar-refractivity contribution in [3.05, 3.63) is 29.3 Å². The number of hydrogen-bond acceptors (Lipinski definition) is 5. The zero-order valence-electron chi connectivity index (χ0n) is 15.4. The third-order valence-corrected chi connectivity index (χ3v) is 6.61. The van der Waals surface area contributed by atoms with Gasteiger partial charge in [-0.25, -0.2) is 13.2 Å². The number of carbonyl (C=O) groups is 2. The van der Waals surface area contributed by atoms with E-state index in [0.29, 0.717) is 18.4 Å². The highest BCUT2D eigenvalue weighted by molar-refractivity contribution is 7.89. The normalized spacial score (nSPS) is 21.6. The molecule has 2 rings (SSSR count). The molecule has 0 aliphatic carbocycles. The summed E-state index contributed by atoms with van der Waals surface area (Å²) < 4.78 is 32.5. The molecule has 26 heavy (non-hydrogen) atoms. The monoisotopic (exact) mass is 383 g/mol. The van der Waals surface area contributed by atoms with Crippen molar-refractivity contribution in [1.29, 1.82) is 0 Å². The van der Waals surface area contributed by atoms with Gasteiger partial charge in [0.05, 0.1) is 22.5 Å². The van der Waals surface area contributed by atoms with E-state index in [1.165, 1.54) is 16.4 Å². The molecular formula is C18H25NO6S. The Hall–Kier alpha value is -1.93. The Bertz CT molecular complexity index is 802. The molecule has 1 N–H and O–H groups in total. The van der Waals surface area contributed by atoms with Crippen molar-refractivity contribution in [3.8, 4) is 0 Å². The fourth-order valence-corrected chi connectivity index (χ4v) is 4.91. The molecule has 8 heteroatoms. The van der Waals surface area contributed by atoms with Gasteiger partial charge in [0.1, 0.15) is 0 Å². The van der Waals surface area contributed by atoms with E-state index in [1.54, 1.807) is 33.8 Å². The van der Waals surface area contributed by atoms with Crippen LogP contribution in [0.15, 0.2) is 23.1 Å². The maximum Gasteiger partial charge on any atom is 0.338 e. The number of hydrogen-bond donors (Lipinski definition) is 1. The summed E-state index contributed by atoms with van der Waals surface area (Å²) in [5.74, 6) is -2.32. The lowest BCUT2D eigenvalue weighted by molar-refractivity contribution is -0.144. The number of aryl methyl sites for hydroxylation is 1. The number of carboxylic acids is 1. The topological polar surface area (TPSA) is 101 Å². The maximum absolute atomic E-state index is 13.1. The number of sulfonamides is 1. The van der Waals surface area contributed by atoms with E-state index in [1.807, 2.05) is 0 Å². The molecular weight excluding hydrogens is 358 g/mol. The Morgan fingerprint density at radius 1 is 1.31 bits per heavy atom. The fourth-order valence-electron chi connectivity index (χ4n) is 3.18. The number of ether oxygens (including phenoxy) is 1. The first-order valence-electron chi connectivity index (χ1n) is 8.62. The minimum atomic E-state index is -3.92. The predicted octanol–water partition coefficient (Wildman–Crippen LogP) is 2.43. The van der Waals surface area contributed by atoms with Crippen molar-refractivity contribution in [3.63, 3.8) is 0 Å². The highest BCUT2D eigenvalue weighted by Crippen LogP contribution is 2.30. The van der Waals surface area contributed by atoms with E-state index < -0.39 is 33.9 Å². The Balaban J connectivity index is 2.40. The predicted molar refractivity (Wildman–Crippen MR) is 95.4 cm³/mol. The first kappa shape index (κ1) is 20.4. The number of benzene rings is 1. The van der Waals surface area contributed by atoms with Gasteiger partial charge >= 0.3 is 11.9 Å². The van der Waals surface area contributed by atoms with Crippen LogP contribution in [0.5, 0.6) is 0 Å². The van der Waals surface area contributed by atoms with E-state index in [2.05, 4.69) is 0 Å². The van der Waals surface area contributed by atoms with Crippen LogP contribution in [0.3, 0.4) is 0 Å². The second kappa shape index (κ2) is 7.75. The van der Waals surface area contributed by atoms with Crippen LogP contribution < -0.4 is 0 Å². The van der Waals surface area contributed by atoms with Crippen molar-refractivity contribution in [2.75, 3.05) is 6.54 Å². The molecule has 0 amide bonds. The van der Waals surface area contributed by atoms with Crippen LogP contribution in [0.4, 0.5) is 0 Å². The van der Waals surface area contributed by atoms with E-state index in [-0.39, 0.29) is 23.1 Å². The summed E-state index contributed by atoms with van der Waals surface area (Å²) in [6, 6.07) is 3.66. The number of esters is 1. The number of nitrogens with zero attached hydrogens (tertiary/aromatic N) is 1. The van der Waals surface area contributed by atoms with Crippen molar-refractivity contribution >= 4 is 22.0 Å². The minimum Gasteiger partial charge on any atom is -0.481 e. The Morgan fingerprint density at radius 3 is 2.54 bits per heavy atom. The van der Waals surface area contributed by atoms with Gasteiger partial charge in [0.15, 0.2) is 0 Å². The minimum absolute atomic E-state index is 0.0308. The number of carboxylic acid groups (broad SMARTS) is 1. The van der Waals surface area contributed by atoms with Crippen molar-refractivity contribution in [1.82, 2.24) is 4.31 Å². The SMILES string of the molecule is Cc1ccc(S(=O)(=O)N2CCC[C@H](C(=O)O)[C@@H]2C)cc1C(=O)OC(C)C. The van der Waals surface area contributed by atoms with Crippen LogP contribution in [0.2, 0.25) is 0 Å². The fraction of sp³-hybridized carbons (Fsp3) is 0.556. The number of carbonyl (C=O) groups excluding carboxylic acids is 1. The van der Waals surface area contributed by atoms with E-state index in [9.17, 15) is 23.1 Å². The number of rotatable bonds is 5. The summed E-state index contributed by atoms with van der Waals surface area (Å²) in [6.07, 6.45) is 0.609. The van der Waals surface area contributed by atoms with Gasteiger partial charge in [0.2, 0.25) is 10.0 Å². The molecule has 7 nitrogen and oxygen atoms in total. The molecule has 1 heterocycles. The summed E-state index contributed by atoms with van der Waals surface area (Å²) in [7, 11) is -3.92. The molecule has 1 saturated heterocycles. The third kappa shape index (κ3) is 4.07. The average molecular weight is 383 g/mol. The van der Waals surface area contributed by atoms with Gasteiger partial charge in [-0.2, -0.15) is 4.31 Å². The Kier molecular flexibility index (Phi) is 6.08. The van der Waals surface area contributed by atoms with Crippen LogP contribution in [0.1, 0.15) is 49.5 Å². The first-order chi connectivity index (χ1) is 12.1. The molecule has 144 valence electrons. The van der Waals surface area contributed by atoms with Crippen molar-refractivity contribution in [2.24, 2.45) is 5.92 Å². The molecule has 0 saturated carbocycles. The van der Waals surface area contributed by atoms with Gasteiger partial charge in [-0.15, -0.1) is 0 Å². The highest BCUT2D eigenvalue weighted by Gasteiger charge is 2.39. The van der Waals surface area contributed by atoms with Gasteiger partial charge in [-0.3, -0.25) is 4.79 Å². The second-order valence-electron chi connectivity index (χ2n) is 6.87. The Morgan fingerprint density at radius 2 is 1.96 bits per heavy atom. The lowest BCUT2D eigenvalue weighted by atomic mass is 9.92. The van der Waals surface area contributed by atoms with Crippen LogP contribution >= 0.6 is 0 Å². The van der Waals surface area contributed by atoms with Crippen LogP contribution in [-0.4, -0.2) is 48.5 Å². The molecule has 0 aromatic heterocycles. The van der Waals surface area contributed by atoms with Gasteiger partial charge in [-0.1, -0.05) is 6.07 Å². The van der Waals surface area contributed by atoms with Crippen LogP contribution in [0.25, 0.3) is 0 Å². The van der Waals surface area contributed by atoms with Gasteiger partial charge < -0.3 is 9.84 Å². The van der Waals surface area contributed by atoms with Gasteiger partial charge in [0, 0.05) is 12.6 Å². The molecule has 0 radical (unpaired) electrons. The molecule has 2 atom stereocenters. The average Bonchev–Trinajstić information content (AvgIpc) is 2.54. The summed E-state index contributed by atoms with van der Waals surface area (Å²) in [5, 5.41) is 9.32. The summed E-state index contributed by atoms with van der Waals surface area (Å²) in [4.78, 5) is 23.6. The Labute approximate surface area is 154 Å². The lowest BCUT2D eigenvalue weighted by Gasteiger charge is -2.36. The molecule has 1 aliphatic rings. The smallest absolute Gasteiger partial charge is 0.338 e. The zero-order valence-corrected chi connectivity index (χ0v) is 16.2. The highest BCUT2D eigenvalue weighted by atomic mass is 32.2. The standard InChI is InChI=1S/C18H25NO6S/c1-11(2)25-18(22)16-10-14(8-7-12(16)3)26(23,24)19-9-5-6-15(13(19)4)17(20)21/h7-8,10-11,13,15H,5-6,9H2,1-4H3,(H,20,21)/t13-,15-/m0/s1. The van der Waals surface area contributed by atoms with E-state index >= 15 is 0 Å². The zero-order chi connectivity index (χ0) is 19.6. The molecule has 0 unspecified atom stereocenters. The molecule has 1 aromatic carbocycles. The summed E-state index contributed by atoms with van der Waals surface area (Å²) in [6.45, 7) is 7.01. The van der Waals surface area contributed by atoms with Crippen molar-refractivity contribution < 1.29 is 27.9 Å². The number of aliphatic carboxylic acids is 1. The summed E-state index contributed by atoms with van der Waals surface area (Å²) in [5.41, 5.74) is 0.809. The van der Waals surface area contributed by atoms with Crippen LogP contribution in [-0.2, 0) is 19.6 Å². The molecule has 1 fully saturated rings. The maximum atomic E-state index is 13.1. The molecule has 0 spiro atoms. The van der Waals surface area contributed by atoms with Crippen LogP contribution in [0, 0.1) is 12.8 Å². The van der Waals surface area contributed by atoms with Gasteiger partial charge in [-0.05, 0) is 58.2 Å². The van der Waals surface area contributed by atoms with E-state index in [4.69, 9.17) is 4.74 Å². The lowest BCUT2D eigenvalue weighted by Crippen LogP contribution is -2.49. The number of piperidine rings is 1. The quantitative estimate of drug-likeness (QED) is 0.784. The third-order valence-electron chi connectivity index (χ3n) is 4.63. The van der Waals surface area contributed by atoms with E-state index in [0.717, 1.165) is 0 Å².